The summed E-state index contributed by atoms with van der Waals surface area (Å²) in [4.78, 5) is 19.1. The molecule has 2 aromatic carbocycles. The summed E-state index contributed by atoms with van der Waals surface area (Å²) < 4.78 is 10.6. The summed E-state index contributed by atoms with van der Waals surface area (Å²) in [6.45, 7) is 5.36. The molecule has 0 saturated heterocycles. The molecule has 158 valence electrons. The fourth-order valence-corrected chi connectivity index (χ4v) is 3.19. The molecule has 0 bridgehead atoms. The van der Waals surface area contributed by atoms with Gasteiger partial charge in [0.25, 0.3) is 0 Å². The molecule has 1 amide bonds. The van der Waals surface area contributed by atoms with Gasteiger partial charge in [-0.1, -0.05) is 49.3 Å². The summed E-state index contributed by atoms with van der Waals surface area (Å²) in [5, 5.41) is 4.08. The second kappa shape index (κ2) is 10.6. The molecule has 0 radical (unpaired) electrons. The number of rotatable bonds is 10. The van der Waals surface area contributed by atoms with E-state index < -0.39 is 0 Å². The lowest BCUT2D eigenvalue weighted by Crippen LogP contribution is -2.35. The molecule has 1 heterocycles. The van der Waals surface area contributed by atoms with Gasteiger partial charge in [-0.05, 0) is 42.2 Å². The van der Waals surface area contributed by atoms with Crippen LogP contribution in [0.5, 0.6) is 5.75 Å². The quantitative estimate of drug-likeness (QED) is 0.498. The van der Waals surface area contributed by atoms with Gasteiger partial charge in [-0.3, -0.25) is 4.79 Å². The van der Waals surface area contributed by atoms with Gasteiger partial charge in [-0.2, -0.15) is 4.98 Å². The van der Waals surface area contributed by atoms with Crippen LogP contribution in [0.3, 0.4) is 0 Å². The van der Waals surface area contributed by atoms with E-state index in [2.05, 4.69) is 36.1 Å². The van der Waals surface area contributed by atoms with Crippen molar-refractivity contribution in [3.05, 3.63) is 66.1 Å². The van der Waals surface area contributed by atoms with Crippen molar-refractivity contribution in [1.29, 1.82) is 0 Å². The molecular weight excluding hydrogens is 378 g/mol. The highest BCUT2D eigenvalue weighted by atomic mass is 16.5. The van der Waals surface area contributed by atoms with Crippen molar-refractivity contribution < 1.29 is 14.1 Å². The van der Waals surface area contributed by atoms with E-state index in [1.54, 1.807) is 7.11 Å². The first-order chi connectivity index (χ1) is 14.5. The Morgan fingerprint density at radius 3 is 2.40 bits per heavy atom. The van der Waals surface area contributed by atoms with Crippen LogP contribution in [0.15, 0.2) is 59.1 Å². The van der Waals surface area contributed by atoms with Gasteiger partial charge in [-0.15, -0.1) is 0 Å². The van der Waals surface area contributed by atoms with Gasteiger partial charge < -0.3 is 14.2 Å². The second-order valence-corrected chi connectivity index (χ2v) is 7.70. The van der Waals surface area contributed by atoms with Gasteiger partial charge in [-0.25, -0.2) is 0 Å². The van der Waals surface area contributed by atoms with Gasteiger partial charge in [0.2, 0.25) is 17.6 Å². The van der Waals surface area contributed by atoms with Crippen LogP contribution in [-0.4, -0.2) is 41.1 Å². The Morgan fingerprint density at radius 1 is 1.03 bits per heavy atom. The third kappa shape index (κ3) is 6.17. The summed E-state index contributed by atoms with van der Waals surface area (Å²) in [7, 11) is 1.63. The van der Waals surface area contributed by atoms with Crippen molar-refractivity contribution in [3.8, 4) is 17.1 Å². The fraction of sp³-hybridized carbons (Fsp3) is 0.375. The molecule has 3 aromatic rings. The zero-order chi connectivity index (χ0) is 21.3. The number of benzene rings is 2. The van der Waals surface area contributed by atoms with Crippen molar-refractivity contribution in [2.24, 2.45) is 5.92 Å². The monoisotopic (exact) mass is 407 g/mol. The van der Waals surface area contributed by atoms with E-state index in [0.717, 1.165) is 17.7 Å². The lowest BCUT2D eigenvalue weighted by Gasteiger charge is -2.23. The van der Waals surface area contributed by atoms with Gasteiger partial charge in [0.1, 0.15) is 5.75 Å². The van der Waals surface area contributed by atoms with Crippen LogP contribution < -0.4 is 4.74 Å². The number of amides is 1. The van der Waals surface area contributed by atoms with Crippen LogP contribution in [0.1, 0.15) is 31.7 Å². The zero-order valence-electron chi connectivity index (χ0n) is 17.9. The number of ether oxygens (including phenoxy) is 1. The van der Waals surface area contributed by atoms with E-state index in [4.69, 9.17) is 9.26 Å². The second-order valence-electron chi connectivity index (χ2n) is 7.70. The largest absolute Gasteiger partial charge is 0.497 e. The number of methoxy groups -OCH3 is 1. The zero-order valence-corrected chi connectivity index (χ0v) is 17.9. The Balaban J connectivity index is 1.62. The van der Waals surface area contributed by atoms with Crippen LogP contribution in [-0.2, 0) is 17.6 Å². The first-order valence-corrected chi connectivity index (χ1v) is 10.3. The fourth-order valence-electron chi connectivity index (χ4n) is 3.19. The Morgan fingerprint density at radius 2 is 1.73 bits per heavy atom. The minimum atomic E-state index is 0.163. The third-order valence-corrected chi connectivity index (χ3v) is 4.86. The maximum atomic E-state index is 12.7. The highest BCUT2D eigenvalue weighted by Gasteiger charge is 2.17. The molecule has 1 aromatic heterocycles. The number of hydrogen-bond acceptors (Lipinski definition) is 5. The van der Waals surface area contributed by atoms with E-state index in [0.29, 0.717) is 43.6 Å². The average molecular weight is 408 g/mol. The summed E-state index contributed by atoms with van der Waals surface area (Å²) in [5.74, 6) is 2.33. The smallest absolute Gasteiger partial charge is 0.228 e. The molecule has 0 spiro atoms. The van der Waals surface area contributed by atoms with Crippen molar-refractivity contribution >= 4 is 5.91 Å². The van der Waals surface area contributed by atoms with Crippen LogP contribution in [0.25, 0.3) is 11.4 Å². The lowest BCUT2D eigenvalue weighted by molar-refractivity contribution is -0.132. The SMILES string of the molecule is COc1ccc(-c2noc(CCN(CCc3ccccc3)C(=O)CC(C)C)n2)cc1. The molecule has 6 nitrogen and oxygen atoms in total. The van der Waals surface area contributed by atoms with Crippen LogP contribution in [0.4, 0.5) is 0 Å². The molecular formula is C24H29N3O3. The molecule has 6 heteroatoms. The normalized spacial score (nSPS) is 10.9. The Kier molecular flexibility index (Phi) is 7.60. The van der Waals surface area contributed by atoms with Crippen molar-refractivity contribution in [2.45, 2.75) is 33.1 Å². The number of hydrogen-bond donors (Lipinski definition) is 0. The number of nitrogens with zero attached hydrogens (tertiary/aromatic N) is 3. The first-order valence-electron chi connectivity index (χ1n) is 10.3. The van der Waals surface area contributed by atoms with Crippen LogP contribution >= 0.6 is 0 Å². The standard InChI is InChI=1S/C24H29N3O3/c1-18(2)17-23(28)27(15-13-19-7-5-4-6-8-19)16-14-22-25-24(26-30-22)20-9-11-21(29-3)12-10-20/h4-12,18H,13-17H2,1-3H3. The third-order valence-electron chi connectivity index (χ3n) is 4.86. The van der Waals surface area contributed by atoms with Crippen molar-refractivity contribution in [3.63, 3.8) is 0 Å². The number of carbonyl (C=O) groups is 1. The average Bonchev–Trinajstić information content (AvgIpc) is 3.23. The van der Waals surface area contributed by atoms with Crippen LogP contribution in [0, 0.1) is 5.92 Å². The molecule has 30 heavy (non-hydrogen) atoms. The van der Waals surface area contributed by atoms with Gasteiger partial charge >= 0.3 is 0 Å². The summed E-state index contributed by atoms with van der Waals surface area (Å²) in [6, 6.07) is 17.7. The predicted molar refractivity (Wildman–Crippen MR) is 116 cm³/mol. The number of aromatic nitrogens is 2. The molecule has 0 aliphatic heterocycles. The van der Waals surface area contributed by atoms with Gasteiger partial charge in [0.15, 0.2) is 0 Å². The van der Waals surface area contributed by atoms with E-state index in [9.17, 15) is 4.79 Å². The predicted octanol–water partition coefficient (Wildman–Crippen LogP) is 4.41. The van der Waals surface area contributed by atoms with Crippen molar-refractivity contribution in [1.82, 2.24) is 15.0 Å². The topological polar surface area (TPSA) is 68.5 Å². The van der Waals surface area contributed by atoms with E-state index >= 15 is 0 Å². The van der Waals surface area contributed by atoms with Gasteiger partial charge in [0.05, 0.1) is 7.11 Å². The Bertz CT molecular complexity index is 920. The first kappa shape index (κ1) is 21.6. The Labute approximate surface area is 177 Å². The van der Waals surface area contributed by atoms with E-state index in [1.807, 2.05) is 47.4 Å². The maximum Gasteiger partial charge on any atom is 0.228 e. The van der Waals surface area contributed by atoms with E-state index in [-0.39, 0.29) is 5.91 Å². The molecule has 0 aliphatic carbocycles. The molecule has 0 unspecified atom stereocenters. The minimum absolute atomic E-state index is 0.163. The molecule has 0 N–H and O–H groups in total. The highest BCUT2D eigenvalue weighted by Crippen LogP contribution is 2.20. The minimum Gasteiger partial charge on any atom is -0.497 e. The summed E-state index contributed by atoms with van der Waals surface area (Å²) in [6.07, 6.45) is 1.89. The summed E-state index contributed by atoms with van der Waals surface area (Å²) >= 11 is 0. The summed E-state index contributed by atoms with van der Waals surface area (Å²) in [5.41, 5.74) is 2.09. The molecule has 0 aliphatic rings. The number of carbonyl (C=O) groups excluding carboxylic acids is 1. The molecule has 0 saturated carbocycles. The van der Waals surface area contributed by atoms with Crippen molar-refractivity contribution in [2.75, 3.05) is 20.2 Å². The Hall–Kier alpha value is -3.15. The molecule has 3 rings (SSSR count). The van der Waals surface area contributed by atoms with Gasteiger partial charge in [0, 0.05) is 31.5 Å². The van der Waals surface area contributed by atoms with Crippen LogP contribution in [0.2, 0.25) is 0 Å². The molecule has 0 fully saturated rings. The lowest BCUT2D eigenvalue weighted by atomic mass is 10.1. The highest BCUT2D eigenvalue weighted by molar-refractivity contribution is 5.76. The van der Waals surface area contributed by atoms with E-state index in [1.165, 1.54) is 5.56 Å². The molecule has 0 atom stereocenters. The maximum absolute atomic E-state index is 12.7.